The highest BCUT2D eigenvalue weighted by molar-refractivity contribution is 6.83. The lowest BCUT2D eigenvalue weighted by molar-refractivity contribution is 0.143. The van der Waals surface area contributed by atoms with Crippen LogP contribution in [0.15, 0.2) is 30.3 Å². The highest BCUT2D eigenvalue weighted by Gasteiger charge is 2.13. The van der Waals surface area contributed by atoms with Gasteiger partial charge in [-0.15, -0.1) is 5.54 Å². The SMILES string of the molecule is COC(=O)N(C#C[Si](C)(C)C)CCc1ccccc1. The Hall–Kier alpha value is -1.73. The third-order valence-corrected chi connectivity index (χ3v) is 3.29. The number of nitrogens with zero attached hydrogens (tertiary/aromatic N) is 1. The van der Waals surface area contributed by atoms with Gasteiger partial charge in [0.1, 0.15) is 8.07 Å². The van der Waals surface area contributed by atoms with Crippen molar-refractivity contribution in [3.05, 3.63) is 35.9 Å². The molecule has 0 saturated heterocycles. The van der Waals surface area contributed by atoms with Crippen LogP contribution in [0.1, 0.15) is 5.56 Å². The third-order valence-electron chi connectivity index (χ3n) is 2.43. The lowest BCUT2D eigenvalue weighted by Gasteiger charge is -2.15. The van der Waals surface area contributed by atoms with E-state index in [9.17, 15) is 4.79 Å². The molecule has 0 saturated carbocycles. The van der Waals surface area contributed by atoms with E-state index in [1.165, 1.54) is 17.6 Å². The van der Waals surface area contributed by atoms with E-state index >= 15 is 0 Å². The molecule has 0 N–H and O–H groups in total. The van der Waals surface area contributed by atoms with Gasteiger partial charge in [-0.2, -0.15) is 0 Å². The standard InChI is InChI=1S/C15H21NO2Si/c1-18-15(17)16(12-13-19(2,3)4)11-10-14-8-6-5-7-9-14/h5-9H,10-11H2,1-4H3. The molecule has 1 aromatic rings. The van der Waals surface area contributed by atoms with Crippen molar-refractivity contribution in [2.24, 2.45) is 0 Å². The topological polar surface area (TPSA) is 29.5 Å². The first kappa shape index (κ1) is 15.3. The molecule has 19 heavy (non-hydrogen) atoms. The van der Waals surface area contributed by atoms with Gasteiger partial charge in [-0.25, -0.2) is 9.69 Å². The average molecular weight is 275 g/mol. The van der Waals surface area contributed by atoms with Gasteiger partial charge in [0.25, 0.3) is 0 Å². The number of carbonyl (C=O) groups is 1. The first-order valence-corrected chi connectivity index (χ1v) is 9.84. The van der Waals surface area contributed by atoms with E-state index in [1.54, 1.807) is 0 Å². The first-order chi connectivity index (χ1) is 8.92. The zero-order chi connectivity index (χ0) is 14.3. The number of methoxy groups -OCH3 is 1. The molecule has 3 nitrogen and oxygen atoms in total. The highest BCUT2D eigenvalue weighted by atomic mass is 28.3. The Labute approximate surface area is 116 Å². The molecule has 0 fully saturated rings. The molecule has 102 valence electrons. The van der Waals surface area contributed by atoms with Crippen molar-refractivity contribution in [2.45, 2.75) is 26.1 Å². The van der Waals surface area contributed by atoms with Crippen molar-refractivity contribution in [1.29, 1.82) is 0 Å². The molecule has 4 heteroatoms. The van der Waals surface area contributed by atoms with Crippen LogP contribution < -0.4 is 0 Å². The summed E-state index contributed by atoms with van der Waals surface area (Å²) in [5.41, 5.74) is 4.37. The molecule has 0 heterocycles. The van der Waals surface area contributed by atoms with Gasteiger partial charge in [-0.05, 0) is 12.0 Å². The Morgan fingerprint density at radius 3 is 2.42 bits per heavy atom. The van der Waals surface area contributed by atoms with Gasteiger partial charge in [0.05, 0.1) is 7.11 Å². The molecule has 0 bridgehead atoms. The van der Waals surface area contributed by atoms with Gasteiger partial charge in [-0.1, -0.05) is 50.0 Å². The maximum Gasteiger partial charge on any atom is 0.421 e. The van der Waals surface area contributed by atoms with Crippen LogP contribution >= 0.6 is 0 Å². The molecule has 1 amide bonds. The molecule has 0 unspecified atom stereocenters. The molecule has 0 aliphatic carbocycles. The summed E-state index contributed by atoms with van der Waals surface area (Å²) < 4.78 is 4.77. The number of rotatable bonds is 3. The third kappa shape index (κ3) is 6.12. The summed E-state index contributed by atoms with van der Waals surface area (Å²) in [4.78, 5) is 13.1. The fourth-order valence-corrected chi connectivity index (χ4v) is 1.89. The van der Waals surface area contributed by atoms with Crippen LogP contribution in [-0.4, -0.2) is 32.7 Å². The maximum absolute atomic E-state index is 11.7. The molecule has 0 aromatic heterocycles. The molecule has 1 rings (SSSR count). The van der Waals surface area contributed by atoms with E-state index in [0.717, 1.165) is 6.42 Å². The Balaban J connectivity index is 2.70. The number of carbonyl (C=O) groups excluding carboxylic acids is 1. The van der Waals surface area contributed by atoms with Crippen molar-refractivity contribution < 1.29 is 9.53 Å². The summed E-state index contributed by atoms with van der Waals surface area (Å²) in [5, 5.41) is 0. The summed E-state index contributed by atoms with van der Waals surface area (Å²) >= 11 is 0. The minimum atomic E-state index is -1.50. The molecule has 0 radical (unpaired) electrons. The Morgan fingerprint density at radius 1 is 1.26 bits per heavy atom. The monoisotopic (exact) mass is 275 g/mol. The zero-order valence-corrected chi connectivity index (χ0v) is 13.1. The van der Waals surface area contributed by atoms with Crippen LogP contribution in [0.25, 0.3) is 0 Å². The fraction of sp³-hybridized carbons (Fsp3) is 0.400. The minimum absolute atomic E-state index is 0.387. The Kier molecular flexibility index (Phi) is 5.65. The van der Waals surface area contributed by atoms with E-state index in [1.807, 2.05) is 30.3 Å². The maximum atomic E-state index is 11.7. The lowest BCUT2D eigenvalue weighted by Crippen LogP contribution is -2.29. The van der Waals surface area contributed by atoms with Gasteiger partial charge in [-0.3, -0.25) is 0 Å². The normalized spacial score (nSPS) is 10.3. The largest absolute Gasteiger partial charge is 0.452 e. The summed E-state index contributed by atoms with van der Waals surface area (Å²) in [5.74, 6) is 0. The van der Waals surface area contributed by atoms with Gasteiger partial charge in [0.15, 0.2) is 0 Å². The summed E-state index contributed by atoms with van der Waals surface area (Å²) in [6.45, 7) is 6.99. The van der Waals surface area contributed by atoms with Crippen molar-refractivity contribution in [3.8, 4) is 11.6 Å². The van der Waals surface area contributed by atoms with Crippen LogP contribution in [0.2, 0.25) is 19.6 Å². The lowest BCUT2D eigenvalue weighted by atomic mass is 10.1. The molecule has 0 aliphatic rings. The fourth-order valence-electron chi connectivity index (χ4n) is 1.42. The predicted molar refractivity (Wildman–Crippen MR) is 80.4 cm³/mol. The van der Waals surface area contributed by atoms with Crippen molar-refractivity contribution >= 4 is 14.2 Å². The second-order valence-electron chi connectivity index (χ2n) is 5.34. The molecular formula is C15H21NO2Si. The van der Waals surface area contributed by atoms with E-state index in [4.69, 9.17) is 4.74 Å². The number of hydrogen-bond acceptors (Lipinski definition) is 2. The highest BCUT2D eigenvalue weighted by Crippen LogP contribution is 2.03. The second kappa shape index (κ2) is 7.00. The van der Waals surface area contributed by atoms with Crippen LogP contribution in [-0.2, 0) is 11.2 Å². The van der Waals surface area contributed by atoms with Gasteiger partial charge in [0, 0.05) is 12.6 Å². The van der Waals surface area contributed by atoms with Crippen LogP contribution in [0, 0.1) is 11.6 Å². The zero-order valence-electron chi connectivity index (χ0n) is 12.1. The van der Waals surface area contributed by atoms with Crippen LogP contribution in [0.4, 0.5) is 4.79 Å². The van der Waals surface area contributed by atoms with E-state index < -0.39 is 8.07 Å². The second-order valence-corrected chi connectivity index (χ2v) is 10.1. The summed E-state index contributed by atoms with van der Waals surface area (Å²) in [7, 11) is -0.114. The predicted octanol–water partition coefficient (Wildman–Crippen LogP) is 3.14. The summed E-state index contributed by atoms with van der Waals surface area (Å²) in [6.07, 6.45) is 0.387. The molecule has 0 aliphatic heterocycles. The van der Waals surface area contributed by atoms with Crippen LogP contribution in [0.3, 0.4) is 0 Å². The summed E-state index contributed by atoms with van der Waals surface area (Å²) in [6, 6.07) is 13.0. The molecule has 1 aromatic carbocycles. The van der Waals surface area contributed by atoms with Crippen LogP contribution in [0.5, 0.6) is 0 Å². The molecule has 0 atom stereocenters. The van der Waals surface area contributed by atoms with Crippen molar-refractivity contribution in [3.63, 3.8) is 0 Å². The Morgan fingerprint density at radius 2 is 1.89 bits per heavy atom. The van der Waals surface area contributed by atoms with Gasteiger partial charge in [0.2, 0.25) is 0 Å². The number of benzene rings is 1. The minimum Gasteiger partial charge on any atom is -0.452 e. The van der Waals surface area contributed by atoms with Gasteiger partial charge < -0.3 is 4.74 Å². The number of ether oxygens (including phenoxy) is 1. The Bertz CT molecular complexity index is 468. The quantitative estimate of drug-likeness (QED) is 0.482. The number of hydrogen-bond donors (Lipinski definition) is 0. The van der Waals surface area contributed by atoms with E-state index in [-0.39, 0.29) is 6.09 Å². The van der Waals surface area contributed by atoms with Gasteiger partial charge >= 0.3 is 6.09 Å². The van der Waals surface area contributed by atoms with Crippen molar-refractivity contribution in [2.75, 3.05) is 13.7 Å². The number of amides is 1. The molecular weight excluding hydrogens is 254 g/mol. The first-order valence-electron chi connectivity index (χ1n) is 6.34. The average Bonchev–Trinajstić information content (AvgIpc) is 2.38. The molecule has 0 spiro atoms. The van der Waals surface area contributed by atoms with Crippen molar-refractivity contribution in [1.82, 2.24) is 4.90 Å². The van der Waals surface area contributed by atoms with E-state index in [2.05, 4.69) is 31.2 Å². The smallest absolute Gasteiger partial charge is 0.421 e. The van der Waals surface area contributed by atoms with E-state index in [0.29, 0.717) is 6.54 Å².